The largest absolute Gasteiger partial charge is 0.332 e. The molecule has 2 aromatic rings. The number of hydrogen-bond donors (Lipinski definition) is 2. The zero-order chi connectivity index (χ0) is 16.7. The summed E-state index contributed by atoms with van der Waals surface area (Å²) in [5, 5.41) is 6.07. The van der Waals surface area contributed by atoms with Crippen LogP contribution in [0, 0.1) is 6.92 Å². The van der Waals surface area contributed by atoms with E-state index in [2.05, 4.69) is 29.7 Å². The molecular weight excluding hydrogens is 304 g/mol. The van der Waals surface area contributed by atoms with Crippen LogP contribution in [0.5, 0.6) is 0 Å². The maximum absolute atomic E-state index is 12.2. The van der Waals surface area contributed by atoms with Crippen molar-refractivity contribution in [2.24, 2.45) is 0 Å². The fourth-order valence-electron chi connectivity index (χ4n) is 2.30. The molecule has 0 bridgehead atoms. The van der Waals surface area contributed by atoms with E-state index in [4.69, 9.17) is 12.2 Å². The maximum atomic E-state index is 12.2. The number of aryl methyl sites for hydroxylation is 2. The first-order chi connectivity index (χ1) is 11.1. The van der Waals surface area contributed by atoms with Crippen molar-refractivity contribution < 1.29 is 4.79 Å². The molecule has 0 heterocycles. The van der Waals surface area contributed by atoms with E-state index >= 15 is 0 Å². The summed E-state index contributed by atoms with van der Waals surface area (Å²) in [7, 11) is 0. The van der Waals surface area contributed by atoms with Crippen LogP contribution in [0.2, 0.25) is 0 Å². The van der Waals surface area contributed by atoms with Gasteiger partial charge in [0.1, 0.15) is 0 Å². The van der Waals surface area contributed by atoms with Gasteiger partial charge in [0.15, 0.2) is 5.11 Å². The molecule has 120 valence electrons. The van der Waals surface area contributed by atoms with E-state index in [-0.39, 0.29) is 5.91 Å². The number of amides is 1. The topological polar surface area (TPSA) is 41.1 Å². The summed E-state index contributed by atoms with van der Waals surface area (Å²) in [6, 6.07) is 15.6. The van der Waals surface area contributed by atoms with Gasteiger partial charge in [-0.3, -0.25) is 10.1 Å². The molecule has 0 fully saturated rings. The van der Waals surface area contributed by atoms with Gasteiger partial charge in [0.2, 0.25) is 0 Å². The highest BCUT2D eigenvalue weighted by atomic mass is 32.1. The van der Waals surface area contributed by atoms with Gasteiger partial charge in [-0.1, -0.05) is 43.7 Å². The van der Waals surface area contributed by atoms with Crippen LogP contribution < -0.4 is 10.6 Å². The molecule has 4 heteroatoms. The van der Waals surface area contributed by atoms with E-state index in [0.29, 0.717) is 10.7 Å². The van der Waals surface area contributed by atoms with Crippen LogP contribution in [0.25, 0.3) is 0 Å². The van der Waals surface area contributed by atoms with Crippen molar-refractivity contribution in [2.75, 3.05) is 5.32 Å². The molecule has 0 aliphatic rings. The summed E-state index contributed by atoms with van der Waals surface area (Å²) in [6.45, 7) is 4.09. The summed E-state index contributed by atoms with van der Waals surface area (Å²) in [6.07, 6.45) is 3.47. The monoisotopic (exact) mass is 326 g/mol. The van der Waals surface area contributed by atoms with Gasteiger partial charge in [-0.2, -0.15) is 0 Å². The van der Waals surface area contributed by atoms with Crippen molar-refractivity contribution in [2.45, 2.75) is 33.1 Å². The van der Waals surface area contributed by atoms with Gasteiger partial charge in [0.25, 0.3) is 5.91 Å². The van der Waals surface area contributed by atoms with Crippen LogP contribution in [0.15, 0.2) is 48.5 Å². The lowest BCUT2D eigenvalue weighted by molar-refractivity contribution is 0.0977. The van der Waals surface area contributed by atoms with Gasteiger partial charge in [-0.15, -0.1) is 0 Å². The maximum Gasteiger partial charge on any atom is 0.257 e. The number of nitrogens with one attached hydrogen (secondary N) is 2. The Morgan fingerprint density at radius 3 is 2.43 bits per heavy atom. The molecule has 2 aromatic carbocycles. The number of rotatable bonds is 5. The first kappa shape index (κ1) is 17.2. The summed E-state index contributed by atoms with van der Waals surface area (Å²) in [4.78, 5) is 12.2. The first-order valence-electron chi connectivity index (χ1n) is 7.87. The molecule has 0 aliphatic heterocycles. The number of thiocarbonyl (C=S) groups is 1. The summed E-state index contributed by atoms with van der Waals surface area (Å²) >= 11 is 5.22. The highest BCUT2D eigenvalue weighted by molar-refractivity contribution is 7.80. The Kier molecular flexibility index (Phi) is 6.29. The Labute approximate surface area is 143 Å². The zero-order valence-electron chi connectivity index (χ0n) is 13.6. The molecule has 0 saturated carbocycles. The Morgan fingerprint density at radius 1 is 1.09 bits per heavy atom. The quantitative estimate of drug-likeness (QED) is 0.797. The van der Waals surface area contributed by atoms with E-state index in [9.17, 15) is 4.79 Å². The fourth-order valence-corrected chi connectivity index (χ4v) is 2.51. The fraction of sp³-hybridized carbons (Fsp3) is 0.263. The molecule has 23 heavy (non-hydrogen) atoms. The lowest BCUT2D eigenvalue weighted by Gasteiger charge is -2.11. The number of benzene rings is 2. The van der Waals surface area contributed by atoms with Crippen LogP contribution in [0.4, 0.5) is 5.69 Å². The standard InChI is InChI=1S/C19H22N2OS/c1-3-4-8-15-10-12-16(13-11-15)20-19(23)21-18(22)17-9-6-5-7-14(17)2/h5-7,9-13H,3-4,8H2,1-2H3,(H2,20,21,22,23). The van der Waals surface area contributed by atoms with E-state index < -0.39 is 0 Å². The summed E-state index contributed by atoms with van der Waals surface area (Å²) in [5.74, 6) is -0.194. The molecule has 1 amide bonds. The molecule has 0 saturated heterocycles. The van der Waals surface area contributed by atoms with Crippen molar-refractivity contribution in [1.29, 1.82) is 0 Å². The number of carbonyl (C=O) groups excluding carboxylic acids is 1. The molecule has 2 N–H and O–H groups in total. The normalized spacial score (nSPS) is 10.2. The summed E-state index contributed by atoms with van der Waals surface area (Å²) < 4.78 is 0. The van der Waals surface area contributed by atoms with E-state index in [0.717, 1.165) is 17.7 Å². The predicted molar refractivity (Wildman–Crippen MR) is 99.9 cm³/mol. The van der Waals surface area contributed by atoms with Gasteiger partial charge in [-0.05, 0) is 61.3 Å². The minimum Gasteiger partial charge on any atom is -0.332 e. The molecule has 2 rings (SSSR count). The van der Waals surface area contributed by atoms with Crippen LogP contribution >= 0.6 is 12.2 Å². The van der Waals surface area contributed by atoms with Gasteiger partial charge in [0, 0.05) is 11.3 Å². The molecule has 0 aliphatic carbocycles. The Bertz CT molecular complexity index is 680. The second kappa shape index (κ2) is 8.44. The Hall–Kier alpha value is -2.20. The van der Waals surface area contributed by atoms with E-state index in [1.165, 1.54) is 18.4 Å². The van der Waals surface area contributed by atoms with Crippen LogP contribution in [0.3, 0.4) is 0 Å². The van der Waals surface area contributed by atoms with E-state index in [1.807, 2.05) is 37.3 Å². The minimum atomic E-state index is -0.194. The average Bonchev–Trinajstić information content (AvgIpc) is 2.54. The van der Waals surface area contributed by atoms with Crippen LogP contribution in [0.1, 0.15) is 41.3 Å². The molecule has 0 aromatic heterocycles. The SMILES string of the molecule is CCCCc1ccc(NC(=S)NC(=O)c2ccccc2C)cc1. The van der Waals surface area contributed by atoms with Gasteiger partial charge in [-0.25, -0.2) is 0 Å². The number of hydrogen-bond acceptors (Lipinski definition) is 2. The molecule has 0 atom stereocenters. The number of unbranched alkanes of at least 4 members (excludes halogenated alkanes) is 1. The molecular formula is C19H22N2OS. The second-order valence-corrected chi connectivity index (χ2v) is 5.93. The number of carbonyl (C=O) groups is 1. The Balaban J connectivity index is 1.92. The van der Waals surface area contributed by atoms with Crippen LogP contribution in [-0.2, 0) is 6.42 Å². The first-order valence-corrected chi connectivity index (χ1v) is 8.28. The van der Waals surface area contributed by atoms with E-state index in [1.54, 1.807) is 6.07 Å². The molecule has 0 unspecified atom stereocenters. The average molecular weight is 326 g/mol. The van der Waals surface area contributed by atoms with Crippen molar-refractivity contribution in [3.05, 3.63) is 65.2 Å². The van der Waals surface area contributed by atoms with Crippen molar-refractivity contribution in [3.8, 4) is 0 Å². The highest BCUT2D eigenvalue weighted by Crippen LogP contribution is 2.12. The minimum absolute atomic E-state index is 0.194. The third-order valence-corrected chi connectivity index (χ3v) is 3.85. The van der Waals surface area contributed by atoms with Crippen LogP contribution in [-0.4, -0.2) is 11.0 Å². The predicted octanol–water partition coefficient (Wildman–Crippen LogP) is 4.46. The van der Waals surface area contributed by atoms with Crippen molar-refractivity contribution in [1.82, 2.24) is 5.32 Å². The molecule has 3 nitrogen and oxygen atoms in total. The summed E-state index contributed by atoms with van der Waals surface area (Å²) in [5.41, 5.74) is 3.74. The molecule has 0 spiro atoms. The van der Waals surface area contributed by atoms with Crippen molar-refractivity contribution in [3.63, 3.8) is 0 Å². The third kappa shape index (κ3) is 5.18. The van der Waals surface area contributed by atoms with Crippen molar-refractivity contribution >= 4 is 28.9 Å². The van der Waals surface area contributed by atoms with Gasteiger partial charge < -0.3 is 5.32 Å². The zero-order valence-corrected chi connectivity index (χ0v) is 14.4. The highest BCUT2D eigenvalue weighted by Gasteiger charge is 2.09. The number of anilines is 1. The third-order valence-electron chi connectivity index (χ3n) is 3.65. The van der Waals surface area contributed by atoms with Gasteiger partial charge in [0.05, 0.1) is 0 Å². The lowest BCUT2D eigenvalue weighted by Crippen LogP contribution is -2.34. The second-order valence-electron chi connectivity index (χ2n) is 5.52. The lowest BCUT2D eigenvalue weighted by atomic mass is 10.1. The van der Waals surface area contributed by atoms with Gasteiger partial charge >= 0.3 is 0 Å². The smallest absolute Gasteiger partial charge is 0.257 e. The Morgan fingerprint density at radius 2 is 1.78 bits per heavy atom. The molecule has 0 radical (unpaired) electrons.